The van der Waals surface area contributed by atoms with Crippen LogP contribution in [0, 0.1) is 10.1 Å². The van der Waals surface area contributed by atoms with Crippen LogP contribution in [-0.2, 0) is 19.1 Å². The van der Waals surface area contributed by atoms with Crippen LogP contribution in [0.3, 0.4) is 0 Å². The fourth-order valence-corrected chi connectivity index (χ4v) is 1.58. The molecule has 0 spiro atoms. The number of phenolic OH excluding ortho intramolecular Hbond substituents is 1. The van der Waals surface area contributed by atoms with Gasteiger partial charge in [-0.15, -0.1) is 0 Å². The number of nitro benzene ring substituents is 1. The van der Waals surface area contributed by atoms with Crippen molar-refractivity contribution in [3.05, 3.63) is 33.4 Å². The number of ether oxygens (including phenoxy) is 3. The average Bonchev–Trinajstić information content (AvgIpc) is 2.51. The van der Waals surface area contributed by atoms with E-state index in [4.69, 9.17) is 4.74 Å². The SMILES string of the molecule is COC(=O)C(=Cc1cc(OC)c(O)c([N+](=O)[O-])c1)C(=O)OC. The summed E-state index contributed by atoms with van der Waals surface area (Å²) in [5.41, 5.74) is -1.03. The number of esters is 2. The molecule has 9 heteroatoms. The summed E-state index contributed by atoms with van der Waals surface area (Å²) in [4.78, 5) is 33.2. The van der Waals surface area contributed by atoms with Gasteiger partial charge < -0.3 is 19.3 Å². The molecular formula is C13H13NO8. The van der Waals surface area contributed by atoms with Gasteiger partial charge in [-0.3, -0.25) is 10.1 Å². The predicted molar refractivity (Wildman–Crippen MR) is 73.3 cm³/mol. The fraction of sp³-hybridized carbons (Fsp3) is 0.231. The zero-order valence-electron chi connectivity index (χ0n) is 12.0. The molecule has 0 unspecified atom stereocenters. The third-order valence-corrected chi connectivity index (χ3v) is 2.62. The Labute approximate surface area is 124 Å². The van der Waals surface area contributed by atoms with Crippen molar-refractivity contribution in [3.63, 3.8) is 0 Å². The van der Waals surface area contributed by atoms with E-state index in [1.165, 1.54) is 13.2 Å². The summed E-state index contributed by atoms with van der Waals surface area (Å²) in [6, 6.07) is 2.19. The first-order valence-corrected chi connectivity index (χ1v) is 5.79. The lowest BCUT2D eigenvalue weighted by molar-refractivity contribution is -0.386. The summed E-state index contributed by atoms with van der Waals surface area (Å²) < 4.78 is 13.7. The van der Waals surface area contributed by atoms with Crippen molar-refractivity contribution < 1.29 is 33.8 Å². The molecule has 0 aliphatic heterocycles. The molecule has 22 heavy (non-hydrogen) atoms. The van der Waals surface area contributed by atoms with Crippen molar-refractivity contribution >= 4 is 23.7 Å². The second-order valence-corrected chi connectivity index (χ2v) is 3.89. The van der Waals surface area contributed by atoms with Gasteiger partial charge in [0.05, 0.1) is 26.3 Å². The molecule has 118 valence electrons. The maximum Gasteiger partial charge on any atom is 0.345 e. The molecular weight excluding hydrogens is 298 g/mol. The van der Waals surface area contributed by atoms with E-state index in [2.05, 4.69) is 9.47 Å². The lowest BCUT2D eigenvalue weighted by atomic mass is 10.1. The number of benzene rings is 1. The van der Waals surface area contributed by atoms with Crippen molar-refractivity contribution in [2.75, 3.05) is 21.3 Å². The zero-order chi connectivity index (χ0) is 16.9. The van der Waals surface area contributed by atoms with Gasteiger partial charge >= 0.3 is 17.6 Å². The second kappa shape index (κ2) is 7.07. The molecule has 1 rings (SSSR count). The van der Waals surface area contributed by atoms with E-state index in [1.54, 1.807) is 0 Å². The van der Waals surface area contributed by atoms with Crippen molar-refractivity contribution in [2.45, 2.75) is 0 Å². The average molecular weight is 311 g/mol. The minimum absolute atomic E-state index is 0.0761. The maximum absolute atomic E-state index is 11.6. The smallest absolute Gasteiger partial charge is 0.345 e. The molecule has 0 saturated carbocycles. The van der Waals surface area contributed by atoms with Gasteiger partial charge in [0.2, 0.25) is 5.75 Å². The van der Waals surface area contributed by atoms with Gasteiger partial charge in [-0.2, -0.15) is 0 Å². The van der Waals surface area contributed by atoms with Gasteiger partial charge in [0.15, 0.2) is 5.75 Å². The van der Waals surface area contributed by atoms with E-state index in [-0.39, 0.29) is 11.3 Å². The van der Waals surface area contributed by atoms with Crippen LogP contribution in [0.2, 0.25) is 0 Å². The monoisotopic (exact) mass is 311 g/mol. The summed E-state index contributed by atoms with van der Waals surface area (Å²) in [5, 5.41) is 20.6. The number of hydrogen-bond acceptors (Lipinski definition) is 8. The Balaban J connectivity index is 3.50. The quantitative estimate of drug-likeness (QED) is 0.213. The molecule has 0 saturated heterocycles. The van der Waals surface area contributed by atoms with Crippen molar-refractivity contribution in [1.29, 1.82) is 0 Å². The van der Waals surface area contributed by atoms with Gasteiger partial charge in [0.25, 0.3) is 0 Å². The number of phenols is 1. The Morgan fingerprint density at radius 2 is 1.73 bits per heavy atom. The summed E-state index contributed by atoms with van der Waals surface area (Å²) in [6.07, 6.45) is 1.03. The van der Waals surface area contributed by atoms with Crippen LogP contribution in [0.15, 0.2) is 17.7 Å². The van der Waals surface area contributed by atoms with E-state index in [1.807, 2.05) is 0 Å². The summed E-state index contributed by atoms with van der Waals surface area (Å²) in [5.74, 6) is -2.79. The highest BCUT2D eigenvalue weighted by Gasteiger charge is 2.23. The zero-order valence-corrected chi connectivity index (χ0v) is 12.0. The van der Waals surface area contributed by atoms with Crippen LogP contribution in [0.5, 0.6) is 11.5 Å². The molecule has 0 aromatic heterocycles. The minimum atomic E-state index is -0.971. The molecule has 0 aliphatic carbocycles. The second-order valence-electron chi connectivity index (χ2n) is 3.89. The third-order valence-electron chi connectivity index (χ3n) is 2.62. The number of carbonyl (C=O) groups excluding carboxylic acids is 2. The highest BCUT2D eigenvalue weighted by molar-refractivity contribution is 6.17. The third kappa shape index (κ3) is 3.51. The Kier molecular flexibility index (Phi) is 5.44. The van der Waals surface area contributed by atoms with E-state index in [9.17, 15) is 24.8 Å². The molecule has 9 nitrogen and oxygen atoms in total. The van der Waals surface area contributed by atoms with E-state index in [0.717, 1.165) is 26.4 Å². The van der Waals surface area contributed by atoms with E-state index >= 15 is 0 Å². The normalized spacial score (nSPS) is 9.59. The number of rotatable bonds is 5. The Morgan fingerprint density at radius 3 is 2.14 bits per heavy atom. The Bertz CT molecular complexity index is 632. The van der Waals surface area contributed by atoms with Crippen LogP contribution in [0.1, 0.15) is 5.56 Å². The van der Waals surface area contributed by atoms with Gasteiger partial charge in [-0.1, -0.05) is 0 Å². The minimum Gasteiger partial charge on any atom is -0.500 e. The topological polar surface area (TPSA) is 125 Å². The fourth-order valence-electron chi connectivity index (χ4n) is 1.58. The number of methoxy groups -OCH3 is 3. The van der Waals surface area contributed by atoms with Gasteiger partial charge in [0.1, 0.15) is 5.57 Å². The first-order valence-electron chi connectivity index (χ1n) is 5.79. The van der Waals surface area contributed by atoms with Crippen molar-refractivity contribution in [1.82, 2.24) is 0 Å². The van der Waals surface area contributed by atoms with E-state index < -0.39 is 33.9 Å². The van der Waals surface area contributed by atoms with Crippen LogP contribution >= 0.6 is 0 Å². The first-order chi connectivity index (χ1) is 10.3. The summed E-state index contributed by atoms with van der Waals surface area (Å²) in [7, 11) is 3.34. The largest absolute Gasteiger partial charge is 0.500 e. The van der Waals surface area contributed by atoms with Crippen molar-refractivity contribution in [3.8, 4) is 11.5 Å². The number of nitro groups is 1. The lowest BCUT2D eigenvalue weighted by Crippen LogP contribution is -2.15. The van der Waals surface area contributed by atoms with Crippen LogP contribution in [0.25, 0.3) is 6.08 Å². The molecule has 0 bridgehead atoms. The molecule has 0 fully saturated rings. The van der Waals surface area contributed by atoms with Gasteiger partial charge in [0, 0.05) is 6.07 Å². The summed E-state index contributed by atoms with van der Waals surface area (Å²) >= 11 is 0. The predicted octanol–water partition coefficient (Wildman–Crippen LogP) is 1.04. The van der Waals surface area contributed by atoms with E-state index in [0.29, 0.717) is 0 Å². The molecule has 0 radical (unpaired) electrons. The first kappa shape index (κ1) is 17.0. The Hall–Kier alpha value is -3.10. The molecule has 1 aromatic carbocycles. The molecule has 1 aromatic rings. The van der Waals surface area contributed by atoms with Gasteiger partial charge in [-0.25, -0.2) is 9.59 Å². The molecule has 0 amide bonds. The number of carbonyl (C=O) groups is 2. The van der Waals surface area contributed by atoms with Crippen molar-refractivity contribution in [2.24, 2.45) is 0 Å². The highest BCUT2D eigenvalue weighted by Crippen LogP contribution is 2.37. The maximum atomic E-state index is 11.6. The standard InChI is InChI=1S/C13H13NO8/c1-20-10-6-7(5-9(11(10)15)14(18)19)4-8(12(16)21-2)13(17)22-3/h4-6,15H,1-3H3. The number of hydrogen-bond donors (Lipinski definition) is 1. The van der Waals surface area contributed by atoms with Crippen LogP contribution in [0.4, 0.5) is 5.69 Å². The lowest BCUT2D eigenvalue weighted by Gasteiger charge is -2.07. The Morgan fingerprint density at radius 1 is 1.18 bits per heavy atom. The summed E-state index contributed by atoms with van der Waals surface area (Å²) in [6.45, 7) is 0. The molecule has 0 heterocycles. The van der Waals surface area contributed by atoms with Gasteiger partial charge in [-0.05, 0) is 17.7 Å². The molecule has 0 atom stereocenters. The number of aromatic hydroxyl groups is 1. The van der Waals surface area contributed by atoms with Crippen LogP contribution < -0.4 is 4.74 Å². The number of nitrogens with zero attached hydrogens (tertiary/aromatic N) is 1. The highest BCUT2D eigenvalue weighted by atomic mass is 16.6. The van der Waals surface area contributed by atoms with Crippen LogP contribution in [-0.4, -0.2) is 43.3 Å². The molecule has 0 aliphatic rings. The molecule has 1 N–H and O–H groups in total.